The lowest BCUT2D eigenvalue weighted by Crippen LogP contribution is -2.64. The van der Waals surface area contributed by atoms with Gasteiger partial charge >= 0.3 is 0 Å². The first-order valence-corrected chi connectivity index (χ1v) is 48.5. The number of carbonyl (C=O) groups is 8. The molecule has 12 aliphatic rings. The molecule has 0 spiro atoms. The summed E-state index contributed by atoms with van der Waals surface area (Å²) in [4.78, 5) is 124. The van der Waals surface area contributed by atoms with Crippen LogP contribution in [0.1, 0.15) is 206 Å². The van der Waals surface area contributed by atoms with Gasteiger partial charge in [0.25, 0.3) is 0 Å². The van der Waals surface area contributed by atoms with Crippen LogP contribution in [0.5, 0.6) is 40.2 Å². The van der Waals surface area contributed by atoms with Gasteiger partial charge in [-0.1, -0.05) is 93.9 Å². The maximum atomic E-state index is 16.7. The summed E-state index contributed by atoms with van der Waals surface area (Å²) in [5, 5.41) is 135. The molecule has 0 radical (unpaired) electrons. The van der Waals surface area contributed by atoms with E-state index in [-0.39, 0.29) is 122 Å². The van der Waals surface area contributed by atoms with Gasteiger partial charge in [0.1, 0.15) is 89.8 Å². The van der Waals surface area contributed by atoms with Gasteiger partial charge < -0.3 is 138 Å². The van der Waals surface area contributed by atoms with Crippen molar-refractivity contribution in [2.24, 2.45) is 41.1 Å². The number of nitrogens with one attached hydrogen (secondary N) is 10. The van der Waals surface area contributed by atoms with Crippen molar-refractivity contribution in [1.29, 1.82) is 0 Å². The minimum atomic E-state index is -3.86. The fourth-order valence-corrected chi connectivity index (χ4v) is 22.0. The Kier molecular flexibility index (Phi) is 31.0. The van der Waals surface area contributed by atoms with E-state index in [0.29, 0.717) is 49.9 Å². The highest BCUT2D eigenvalue weighted by atomic mass is 35.5. The first-order chi connectivity index (χ1) is 64.7. The molecule has 17 unspecified atom stereocenters. The molecular formula is C95H120Cl2N12O26S. The van der Waals surface area contributed by atoms with Crippen molar-refractivity contribution >= 4 is 80.5 Å². The van der Waals surface area contributed by atoms with Gasteiger partial charge in [-0.3, -0.25) is 38.4 Å². The van der Waals surface area contributed by atoms with Gasteiger partial charge in [-0.05, 0) is 227 Å². The van der Waals surface area contributed by atoms with E-state index < -0.39 is 225 Å². The molecule has 4 saturated carbocycles. The highest BCUT2D eigenvalue weighted by molar-refractivity contribution is 7.89. The lowest BCUT2D eigenvalue weighted by Gasteiger charge is -2.54. The molecule has 736 valence electrons. The maximum Gasteiger partial charge on any atom is 0.248 e. The number of phenolic OH excluding ortho intramolecular Hbond substituents is 1. The van der Waals surface area contributed by atoms with Gasteiger partial charge in [-0.2, -0.15) is 0 Å². The number of phenols is 1. The molecule has 38 nitrogen and oxygen atoms in total. The van der Waals surface area contributed by atoms with Crippen molar-refractivity contribution in [2.45, 2.75) is 263 Å². The molecule has 5 aliphatic carbocycles. The molecule has 7 heterocycles. The Balaban J connectivity index is 0.856. The number of hydrogen-bond acceptors (Lipinski definition) is 29. The number of halogens is 2. The standard InChI is InChI=1S/C95H120Cl2N12O26S/c1-7-8-13-26-129-53-17-19-54(20-18-53)136(127,128)102-25-12-10-9-11-24-101-41-57-63(111)38-56-71-55-33-47(14-21-58(55)95(125,126)72(57)71)74-88(120)109-78(92(124)107-76(56)90(122)104-73-50-29-45-28-46(31-50)32-51(73)30-45)80(114)49-16-23-65(60(97)35-49)132-67-37-52-36-66(83(67)135-93-84(82(116)81(115)68(42-110)133-93)134-70-40-94(5,99)85(117)44(4)130-70)131-64-22-15-48(34-59(64)96)79(113)77(108-86(118)61(100-6)27-43(2)3)91(123)103-62(39-69(98)112)87(119)105-75(52)89(121)106-74/h14-23,33-38,43-46,50-51,61-62,68,70,73-82,84-85,93,100-102,110-111,113-117,125-126H,7-13,24-32,39-42,99H2,1-6H3,(H2,98,112)(H,103,123)(H,104,122)(H,105,119)(H,106,121)(H,107,124)(H,108,118)(H,109,120)/t44?,45?,46?,50?,51?,61?,62?,68?,70?,73?,74?,75?,76-,77?,78?,79?,80?,81?,82?,84?,85?,93?,94?/m0/s1. The lowest BCUT2D eigenvalue weighted by molar-refractivity contribution is -0.333. The van der Waals surface area contributed by atoms with E-state index in [9.17, 15) is 64.0 Å². The van der Waals surface area contributed by atoms with Gasteiger partial charge in [0.05, 0.1) is 52.8 Å². The topological polar surface area (TPSA) is 590 Å². The third-order valence-corrected chi connectivity index (χ3v) is 29.5. The second kappa shape index (κ2) is 42.0. The molecule has 41 heteroatoms. The van der Waals surface area contributed by atoms with Crippen molar-refractivity contribution < 1.29 is 126 Å². The Hall–Kier alpha value is -9.99. The number of benzene rings is 6. The van der Waals surface area contributed by atoms with Crippen molar-refractivity contribution in [3.8, 4) is 51.4 Å². The molecule has 15 bridgehead atoms. The predicted molar refractivity (Wildman–Crippen MR) is 489 cm³/mol. The predicted octanol–water partition coefficient (Wildman–Crippen LogP) is 4.25. The highest BCUT2D eigenvalue weighted by Crippen LogP contribution is 2.57. The number of primary amides is 1. The number of aromatic hydroxyl groups is 1. The summed E-state index contributed by atoms with van der Waals surface area (Å²) in [5.41, 5.74) is 8.79. The molecule has 6 aromatic carbocycles. The number of aliphatic hydroxyl groups is 8. The molecule has 0 aromatic heterocycles. The summed E-state index contributed by atoms with van der Waals surface area (Å²) >= 11 is 14.5. The normalized spacial score (nSPS) is 29.7. The number of aliphatic hydroxyl groups excluding tert-OH is 6. The van der Waals surface area contributed by atoms with Crippen LogP contribution in [0.3, 0.4) is 0 Å². The van der Waals surface area contributed by atoms with Crippen LogP contribution < -0.4 is 83.0 Å². The molecule has 18 rings (SSSR count). The zero-order chi connectivity index (χ0) is 97.4. The van der Waals surface area contributed by atoms with Crippen LogP contribution in [-0.2, 0) is 74.9 Å². The van der Waals surface area contributed by atoms with E-state index in [1.165, 1.54) is 81.6 Å². The van der Waals surface area contributed by atoms with Crippen LogP contribution in [0, 0.1) is 29.6 Å². The summed E-state index contributed by atoms with van der Waals surface area (Å²) in [6.45, 7) is 8.43. The third kappa shape index (κ3) is 21.6. The maximum absolute atomic E-state index is 16.7. The van der Waals surface area contributed by atoms with Crippen LogP contribution >= 0.6 is 23.2 Å². The minimum absolute atomic E-state index is 0.0308. The van der Waals surface area contributed by atoms with Crippen molar-refractivity contribution in [3.63, 3.8) is 0 Å². The SMILES string of the molecule is CCCCCOc1ccc(S(=O)(=O)NCCCCCCNCc2c(O)cc3c4c2C(O)(O)c2ccc(cc2-4)C2NC(=O)C4NC(=O)C(CC(N)=O)NC(=O)C(NC(=O)C(CC(C)C)NC)C(O)c5ccc(c(Cl)c5)Oc5cc4cc(c5OC4OC(CO)C(O)C(O)C4OC4CC(C)(N)C(O)C(C)O4)Oc4ccc(cc4Cl)C(O)C(NC2=O)C(=O)N[C@@H]3C(=O)NC2C3CC4CC(C3)CC2C4)cc1. The Labute approximate surface area is 795 Å². The largest absolute Gasteiger partial charge is 0.508 e. The molecule has 6 aromatic rings. The zero-order valence-electron chi connectivity index (χ0n) is 75.9. The number of ether oxygens (including phenoxy) is 7. The van der Waals surface area contributed by atoms with Crippen LogP contribution in [0.15, 0.2) is 102 Å². The molecule has 8 amide bonds. The first kappa shape index (κ1) is 100. The number of unbranched alkanes of at least 4 members (excludes halogenated alkanes) is 5. The average Bonchev–Trinajstić information content (AvgIpc) is 1.54. The number of nitrogens with two attached hydrogens (primary N) is 2. The molecule has 7 aliphatic heterocycles. The minimum Gasteiger partial charge on any atom is -0.508 e. The van der Waals surface area contributed by atoms with E-state index in [4.69, 9.17) is 67.8 Å². The van der Waals surface area contributed by atoms with Gasteiger partial charge in [-0.25, -0.2) is 13.1 Å². The van der Waals surface area contributed by atoms with Crippen molar-refractivity contribution in [2.75, 3.05) is 33.4 Å². The van der Waals surface area contributed by atoms with Crippen LogP contribution in [0.2, 0.25) is 10.0 Å². The zero-order valence-corrected chi connectivity index (χ0v) is 78.3. The van der Waals surface area contributed by atoms with E-state index in [1.807, 2.05) is 13.8 Å². The van der Waals surface area contributed by atoms with E-state index in [2.05, 4.69) is 59.5 Å². The van der Waals surface area contributed by atoms with E-state index in [0.717, 1.165) is 75.6 Å². The molecule has 23 N–H and O–H groups in total. The summed E-state index contributed by atoms with van der Waals surface area (Å²) in [6, 6.07) is 6.11. The van der Waals surface area contributed by atoms with Crippen LogP contribution in [0.25, 0.3) is 11.1 Å². The molecule has 6 fully saturated rings. The Morgan fingerprint density at radius 3 is 1.93 bits per heavy atom. The summed E-state index contributed by atoms with van der Waals surface area (Å²) in [5.74, 6) is -14.5. The molecule has 2 saturated heterocycles. The number of amides is 8. The molecule has 136 heavy (non-hydrogen) atoms. The van der Waals surface area contributed by atoms with Gasteiger partial charge in [0, 0.05) is 47.8 Å². The quantitative estimate of drug-likeness (QED) is 0.0221. The van der Waals surface area contributed by atoms with Gasteiger partial charge in [0.15, 0.2) is 23.9 Å². The van der Waals surface area contributed by atoms with Gasteiger partial charge in [-0.15, -0.1) is 0 Å². The first-order valence-electron chi connectivity index (χ1n) is 46.3. The Bertz CT molecular complexity index is 5580. The monoisotopic (exact) mass is 1950 g/mol. The summed E-state index contributed by atoms with van der Waals surface area (Å²) < 4.78 is 74.2. The number of carbonyl (C=O) groups excluding carboxylic acids is 8. The Morgan fingerprint density at radius 2 is 1.31 bits per heavy atom. The Morgan fingerprint density at radius 1 is 0.684 bits per heavy atom. The number of hydrogen-bond donors (Lipinski definition) is 21. The van der Waals surface area contributed by atoms with E-state index in [1.54, 1.807) is 12.1 Å². The number of fused-ring (bicyclic) bond motifs is 12. The fourth-order valence-electron chi connectivity index (χ4n) is 20.5. The van der Waals surface area contributed by atoms with Crippen molar-refractivity contribution in [1.82, 2.24) is 52.6 Å². The smallest absolute Gasteiger partial charge is 0.248 e. The average molecular weight is 1950 g/mol. The summed E-state index contributed by atoms with van der Waals surface area (Å²) in [7, 11) is -2.37. The molecule has 18 atom stereocenters. The lowest BCUT2D eigenvalue weighted by atomic mass is 9.54. The molecular weight excluding hydrogens is 1830 g/mol. The van der Waals surface area contributed by atoms with Gasteiger partial charge in [0.2, 0.25) is 75.1 Å². The second-order valence-corrected chi connectivity index (χ2v) is 40.4. The third-order valence-electron chi connectivity index (χ3n) is 27.4. The fraction of sp³-hybridized carbons (Fsp3) is 0.537. The van der Waals surface area contributed by atoms with Crippen LogP contribution in [0.4, 0.5) is 0 Å². The van der Waals surface area contributed by atoms with Crippen LogP contribution in [-0.4, -0.2) is 220 Å². The second-order valence-electron chi connectivity index (χ2n) is 37.8. The number of rotatable bonds is 30. The highest BCUT2D eigenvalue weighted by Gasteiger charge is 2.55. The summed E-state index contributed by atoms with van der Waals surface area (Å²) in [6.07, 6.45) is -9.32. The number of likely N-dealkylation sites (N-methyl/N-ethyl adjacent to an activating group) is 1. The van der Waals surface area contributed by atoms with E-state index >= 15 is 28.8 Å². The number of sulfonamides is 1. The van der Waals surface area contributed by atoms with Crippen molar-refractivity contribution in [3.05, 3.63) is 152 Å².